The van der Waals surface area contributed by atoms with E-state index in [9.17, 15) is 9.90 Å². The molecule has 0 bridgehead atoms. The molecule has 2 aromatic carbocycles. The molecular formula is C17H19NO2. The molecule has 3 heteroatoms. The van der Waals surface area contributed by atoms with Gasteiger partial charge < -0.3 is 10.0 Å². The number of hydrogen-bond acceptors (Lipinski definition) is 2. The van der Waals surface area contributed by atoms with Gasteiger partial charge in [-0.15, -0.1) is 0 Å². The molecule has 0 aliphatic carbocycles. The molecule has 0 fully saturated rings. The van der Waals surface area contributed by atoms with Gasteiger partial charge in [0.1, 0.15) is 5.75 Å². The number of nitrogens with zero attached hydrogens (tertiary/aromatic N) is 1. The van der Waals surface area contributed by atoms with Crippen LogP contribution in [0.2, 0.25) is 0 Å². The second-order valence-electron chi connectivity index (χ2n) is 5.11. The van der Waals surface area contributed by atoms with E-state index in [1.54, 1.807) is 24.1 Å². The molecule has 0 unspecified atom stereocenters. The monoisotopic (exact) mass is 269 g/mol. The highest BCUT2D eigenvalue weighted by Crippen LogP contribution is 2.21. The summed E-state index contributed by atoms with van der Waals surface area (Å²) in [5, 5.41) is 9.88. The average Bonchev–Trinajstić information content (AvgIpc) is 2.40. The number of carbonyl (C=O) groups excluding carboxylic acids is 1. The first kappa shape index (κ1) is 14.1. The van der Waals surface area contributed by atoms with Gasteiger partial charge >= 0.3 is 0 Å². The minimum absolute atomic E-state index is 0.0339. The van der Waals surface area contributed by atoms with Gasteiger partial charge in [-0.2, -0.15) is 0 Å². The maximum absolute atomic E-state index is 12.4. The third kappa shape index (κ3) is 2.99. The molecule has 2 rings (SSSR count). The van der Waals surface area contributed by atoms with E-state index in [1.807, 2.05) is 44.2 Å². The molecule has 0 aliphatic rings. The first-order chi connectivity index (χ1) is 9.49. The van der Waals surface area contributed by atoms with Gasteiger partial charge in [-0.25, -0.2) is 0 Å². The Balaban J connectivity index is 2.19. The number of benzene rings is 2. The van der Waals surface area contributed by atoms with Crippen molar-refractivity contribution in [2.24, 2.45) is 0 Å². The van der Waals surface area contributed by atoms with Gasteiger partial charge in [-0.1, -0.05) is 30.3 Å². The van der Waals surface area contributed by atoms with E-state index in [1.165, 1.54) is 0 Å². The maximum Gasteiger partial charge on any atom is 0.257 e. The normalized spacial score (nSPS) is 10.3. The van der Waals surface area contributed by atoms with Crippen LogP contribution in [0.15, 0.2) is 42.5 Å². The first-order valence-electron chi connectivity index (χ1n) is 6.58. The molecule has 0 radical (unpaired) electrons. The summed E-state index contributed by atoms with van der Waals surface area (Å²) in [6, 6.07) is 13.1. The summed E-state index contributed by atoms with van der Waals surface area (Å²) in [5.74, 6) is -0.141. The van der Waals surface area contributed by atoms with Gasteiger partial charge in [0.05, 0.1) is 5.56 Å². The average molecular weight is 269 g/mol. The molecule has 0 aliphatic heterocycles. The summed E-state index contributed by atoms with van der Waals surface area (Å²) in [4.78, 5) is 14.0. The number of hydrogen-bond donors (Lipinski definition) is 1. The molecule has 20 heavy (non-hydrogen) atoms. The van der Waals surface area contributed by atoms with Crippen molar-refractivity contribution in [1.29, 1.82) is 0 Å². The van der Waals surface area contributed by atoms with Gasteiger partial charge in [0.15, 0.2) is 0 Å². The third-order valence-corrected chi connectivity index (χ3v) is 3.40. The zero-order valence-corrected chi connectivity index (χ0v) is 12.1. The number of amides is 1. The van der Waals surface area contributed by atoms with Crippen molar-refractivity contribution >= 4 is 5.91 Å². The van der Waals surface area contributed by atoms with Crippen LogP contribution in [0.5, 0.6) is 5.75 Å². The van der Waals surface area contributed by atoms with Crippen molar-refractivity contribution in [3.8, 4) is 5.75 Å². The molecule has 0 saturated carbocycles. The predicted octanol–water partition coefficient (Wildman–Crippen LogP) is 3.28. The number of aromatic hydroxyl groups is 1. The standard InChI is InChI=1S/C17H19NO2/c1-12-8-9-15(16(19)10-12)17(20)18(3)11-14-7-5-4-6-13(14)2/h4-10,19H,11H2,1-3H3. The van der Waals surface area contributed by atoms with Crippen LogP contribution < -0.4 is 0 Å². The lowest BCUT2D eigenvalue weighted by atomic mass is 10.1. The predicted molar refractivity (Wildman–Crippen MR) is 79.8 cm³/mol. The Bertz CT molecular complexity index is 635. The van der Waals surface area contributed by atoms with E-state index in [4.69, 9.17) is 0 Å². The van der Waals surface area contributed by atoms with Gasteiger partial charge in [-0.3, -0.25) is 4.79 Å². The van der Waals surface area contributed by atoms with Gasteiger partial charge in [0.25, 0.3) is 5.91 Å². The fraction of sp³-hybridized carbons (Fsp3) is 0.235. The molecule has 2 aromatic rings. The van der Waals surface area contributed by atoms with E-state index >= 15 is 0 Å². The SMILES string of the molecule is Cc1ccc(C(=O)N(C)Cc2ccccc2C)c(O)c1. The molecule has 1 N–H and O–H groups in total. The van der Waals surface area contributed by atoms with Gasteiger partial charge in [0.2, 0.25) is 0 Å². The van der Waals surface area contributed by atoms with Crippen molar-refractivity contribution in [3.63, 3.8) is 0 Å². The first-order valence-corrected chi connectivity index (χ1v) is 6.58. The highest BCUT2D eigenvalue weighted by Gasteiger charge is 2.16. The van der Waals surface area contributed by atoms with E-state index < -0.39 is 0 Å². The van der Waals surface area contributed by atoms with E-state index in [0.717, 1.165) is 16.7 Å². The van der Waals surface area contributed by atoms with Crippen LogP contribution in [-0.4, -0.2) is 23.0 Å². The molecule has 0 atom stereocenters. The van der Waals surface area contributed by atoms with Gasteiger partial charge in [-0.05, 0) is 42.7 Å². The van der Waals surface area contributed by atoms with E-state index in [2.05, 4.69) is 0 Å². The Labute approximate surface area is 119 Å². The van der Waals surface area contributed by atoms with E-state index in [0.29, 0.717) is 12.1 Å². The highest BCUT2D eigenvalue weighted by atomic mass is 16.3. The molecule has 1 amide bonds. The van der Waals surface area contributed by atoms with Crippen molar-refractivity contribution in [2.45, 2.75) is 20.4 Å². The van der Waals surface area contributed by atoms with Crippen LogP contribution in [0.25, 0.3) is 0 Å². The topological polar surface area (TPSA) is 40.5 Å². The van der Waals surface area contributed by atoms with Crippen molar-refractivity contribution in [1.82, 2.24) is 4.90 Å². The minimum Gasteiger partial charge on any atom is -0.507 e. The van der Waals surface area contributed by atoms with Crippen LogP contribution in [0.3, 0.4) is 0 Å². The second-order valence-corrected chi connectivity index (χ2v) is 5.11. The Morgan fingerprint density at radius 2 is 1.85 bits per heavy atom. The van der Waals surface area contributed by atoms with Crippen LogP contribution in [-0.2, 0) is 6.54 Å². The molecule has 0 heterocycles. The summed E-state index contributed by atoms with van der Waals surface area (Å²) in [6.07, 6.45) is 0. The lowest BCUT2D eigenvalue weighted by molar-refractivity contribution is 0.0782. The summed E-state index contributed by atoms with van der Waals surface area (Å²) in [5.41, 5.74) is 3.53. The van der Waals surface area contributed by atoms with E-state index in [-0.39, 0.29) is 11.7 Å². The molecule has 0 saturated heterocycles. The zero-order valence-electron chi connectivity index (χ0n) is 12.1. The minimum atomic E-state index is -0.175. The fourth-order valence-corrected chi connectivity index (χ4v) is 2.14. The largest absolute Gasteiger partial charge is 0.507 e. The molecule has 0 aromatic heterocycles. The van der Waals surface area contributed by atoms with Crippen LogP contribution >= 0.6 is 0 Å². The summed E-state index contributed by atoms with van der Waals surface area (Å²) in [7, 11) is 1.74. The Hall–Kier alpha value is -2.29. The number of aryl methyl sites for hydroxylation is 2. The lowest BCUT2D eigenvalue weighted by Gasteiger charge is -2.19. The smallest absolute Gasteiger partial charge is 0.257 e. The number of phenolic OH excluding ortho intramolecular Hbond substituents is 1. The number of rotatable bonds is 3. The second kappa shape index (κ2) is 5.78. The maximum atomic E-state index is 12.4. The quantitative estimate of drug-likeness (QED) is 0.929. The zero-order chi connectivity index (χ0) is 14.7. The number of carbonyl (C=O) groups is 1. The Morgan fingerprint density at radius 1 is 1.15 bits per heavy atom. The van der Waals surface area contributed by atoms with Crippen molar-refractivity contribution < 1.29 is 9.90 Å². The lowest BCUT2D eigenvalue weighted by Crippen LogP contribution is -2.26. The number of phenols is 1. The summed E-state index contributed by atoms with van der Waals surface area (Å²) < 4.78 is 0. The molecule has 104 valence electrons. The van der Waals surface area contributed by atoms with Crippen molar-refractivity contribution in [3.05, 3.63) is 64.7 Å². The third-order valence-electron chi connectivity index (χ3n) is 3.40. The summed E-state index contributed by atoms with van der Waals surface area (Å²) in [6.45, 7) is 4.43. The van der Waals surface area contributed by atoms with Crippen molar-refractivity contribution in [2.75, 3.05) is 7.05 Å². The van der Waals surface area contributed by atoms with Crippen LogP contribution in [0.1, 0.15) is 27.0 Å². The van der Waals surface area contributed by atoms with Crippen LogP contribution in [0, 0.1) is 13.8 Å². The Morgan fingerprint density at radius 3 is 2.50 bits per heavy atom. The highest BCUT2D eigenvalue weighted by molar-refractivity contribution is 5.96. The van der Waals surface area contributed by atoms with Gasteiger partial charge in [0, 0.05) is 13.6 Å². The molecule has 3 nitrogen and oxygen atoms in total. The molecular weight excluding hydrogens is 250 g/mol. The molecule has 0 spiro atoms. The summed E-state index contributed by atoms with van der Waals surface area (Å²) >= 11 is 0. The Kier molecular flexibility index (Phi) is 4.08. The fourth-order valence-electron chi connectivity index (χ4n) is 2.14. The van der Waals surface area contributed by atoms with Crippen LogP contribution in [0.4, 0.5) is 0 Å².